The van der Waals surface area contributed by atoms with Crippen molar-refractivity contribution in [3.05, 3.63) is 35.4 Å². The second-order valence-corrected chi connectivity index (χ2v) is 8.05. The van der Waals surface area contributed by atoms with Gasteiger partial charge in [0.25, 0.3) is 11.8 Å². The quantitative estimate of drug-likeness (QED) is 0.711. The Bertz CT molecular complexity index is 719. The average molecular weight is 351 g/mol. The highest BCUT2D eigenvalue weighted by Gasteiger charge is 2.36. The number of nitrogens with zero attached hydrogens (tertiary/aromatic N) is 3. The Kier molecular flexibility index (Phi) is 4.71. The zero-order chi connectivity index (χ0) is 17.3. The number of carbonyl (C=O) groups excluding carboxylic acids is 2. The van der Waals surface area contributed by atoms with Crippen LogP contribution in [-0.4, -0.2) is 79.4 Å². The van der Waals surface area contributed by atoms with Gasteiger partial charge in [-0.1, -0.05) is 19.1 Å². The van der Waals surface area contributed by atoms with E-state index in [1.54, 1.807) is 24.3 Å². The molecule has 1 saturated heterocycles. The number of sulfonamides is 1. The summed E-state index contributed by atoms with van der Waals surface area (Å²) in [4.78, 5) is 27.8. The minimum absolute atomic E-state index is 0.108. The minimum atomic E-state index is -3.48. The fraction of sp³-hybridized carbons (Fsp3) is 0.500. The molecule has 0 aliphatic carbocycles. The number of piperazine rings is 1. The summed E-state index contributed by atoms with van der Waals surface area (Å²) in [6.07, 6.45) is 0. The lowest BCUT2D eigenvalue weighted by molar-refractivity contribution is 0.0663. The van der Waals surface area contributed by atoms with E-state index in [4.69, 9.17) is 0 Å². The molecule has 0 spiro atoms. The van der Waals surface area contributed by atoms with Gasteiger partial charge in [0.05, 0.1) is 16.9 Å². The molecule has 0 N–H and O–H groups in total. The molecule has 0 unspecified atom stereocenters. The molecular weight excluding hydrogens is 330 g/mol. The third-order valence-electron chi connectivity index (χ3n) is 4.62. The van der Waals surface area contributed by atoms with Crippen LogP contribution in [0.1, 0.15) is 27.6 Å². The van der Waals surface area contributed by atoms with Crippen LogP contribution in [0.2, 0.25) is 0 Å². The van der Waals surface area contributed by atoms with Gasteiger partial charge in [0, 0.05) is 32.7 Å². The monoisotopic (exact) mass is 351 g/mol. The lowest BCUT2D eigenvalue weighted by Gasteiger charge is -2.33. The van der Waals surface area contributed by atoms with Crippen molar-refractivity contribution in [3.63, 3.8) is 0 Å². The number of rotatable bonds is 5. The summed E-state index contributed by atoms with van der Waals surface area (Å²) in [5.41, 5.74) is 0.688. The highest BCUT2D eigenvalue weighted by atomic mass is 32.2. The highest BCUT2D eigenvalue weighted by Crippen LogP contribution is 2.22. The van der Waals surface area contributed by atoms with Crippen LogP contribution in [0.15, 0.2) is 24.3 Å². The molecule has 2 aliphatic rings. The Morgan fingerprint density at radius 1 is 0.958 bits per heavy atom. The van der Waals surface area contributed by atoms with Crippen LogP contribution in [0, 0.1) is 0 Å². The Morgan fingerprint density at radius 2 is 1.50 bits per heavy atom. The smallest absolute Gasteiger partial charge is 0.261 e. The van der Waals surface area contributed by atoms with Crippen LogP contribution >= 0.6 is 0 Å². The summed E-state index contributed by atoms with van der Waals surface area (Å²) in [7, 11) is -3.48. The Balaban J connectivity index is 1.64. The number of hydrogen-bond acceptors (Lipinski definition) is 5. The molecule has 0 bridgehead atoms. The van der Waals surface area contributed by atoms with E-state index in [-0.39, 0.29) is 12.3 Å². The van der Waals surface area contributed by atoms with E-state index in [1.165, 1.54) is 4.31 Å². The van der Waals surface area contributed by atoms with Crippen molar-refractivity contribution in [2.75, 3.05) is 45.0 Å². The highest BCUT2D eigenvalue weighted by molar-refractivity contribution is 7.89. The molecular formula is C16H21N3O4S. The molecule has 1 aromatic carbocycles. The number of likely N-dealkylation sites (N-methyl/N-ethyl adjacent to an activating group) is 1. The molecule has 7 nitrogen and oxygen atoms in total. The van der Waals surface area contributed by atoms with E-state index in [1.807, 2.05) is 6.92 Å². The van der Waals surface area contributed by atoms with Crippen LogP contribution in [0.5, 0.6) is 0 Å². The van der Waals surface area contributed by atoms with Crippen LogP contribution in [0.4, 0.5) is 0 Å². The maximum Gasteiger partial charge on any atom is 0.261 e. The molecule has 0 atom stereocenters. The summed E-state index contributed by atoms with van der Waals surface area (Å²) < 4.78 is 26.4. The first-order valence-electron chi connectivity index (χ1n) is 8.09. The van der Waals surface area contributed by atoms with Crippen molar-refractivity contribution in [2.24, 2.45) is 0 Å². The number of benzene rings is 1. The van der Waals surface area contributed by atoms with Crippen LogP contribution in [0.3, 0.4) is 0 Å². The largest absolute Gasteiger partial charge is 0.301 e. The van der Waals surface area contributed by atoms with Crippen LogP contribution in [-0.2, 0) is 10.0 Å². The number of fused-ring (bicyclic) bond motifs is 1. The number of hydrogen-bond donors (Lipinski definition) is 0. The van der Waals surface area contributed by atoms with Crippen LogP contribution < -0.4 is 0 Å². The first kappa shape index (κ1) is 17.1. The molecule has 2 heterocycles. The van der Waals surface area contributed by atoms with Crippen molar-refractivity contribution >= 4 is 21.8 Å². The zero-order valence-corrected chi connectivity index (χ0v) is 14.5. The van der Waals surface area contributed by atoms with Crippen molar-refractivity contribution < 1.29 is 18.0 Å². The third-order valence-corrected chi connectivity index (χ3v) is 6.47. The van der Waals surface area contributed by atoms with Crippen molar-refractivity contribution in [1.29, 1.82) is 0 Å². The summed E-state index contributed by atoms with van der Waals surface area (Å²) in [5.74, 6) is -1.06. The molecule has 0 saturated carbocycles. The lowest BCUT2D eigenvalue weighted by Crippen LogP contribution is -2.50. The van der Waals surface area contributed by atoms with E-state index in [2.05, 4.69) is 4.90 Å². The Hall–Kier alpha value is -1.77. The number of imide groups is 1. The Morgan fingerprint density at radius 3 is 2.00 bits per heavy atom. The van der Waals surface area contributed by atoms with Gasteiger partial charge < -0.3 is 4.90 Å². The van der Waals surface area contributed by atoms with E-state index in [0.717, 1.165) is 11.4 Å². The van der Waals surface area contributed by atoms with Gasteiger partial charge in [-0.05, 0) is 18.7 Å². The van der Waals surface area contributed by atoms with Gasteiger partial charge in [-0.3, -0.25) is 14.5 Å². The molecule has 3 rings (SSSR count). The molecule has 130 valence electrons. The van der Waals surface area contributed by atoms with Gasteiger partial charge in [-0.15, -0.1) is 0 Å². The van der Waals surface area contributed by atoms with Gasteiger partial charge >= 0.3 is 0 Å². The average Bonchev–Trinajstić information content (AvgIpc) is 2.84. The minimum Gasteiger partial charge on any atom is -0.301 e. The molecule has 1 aromatic rings. The topological polar surface area (TPSA) is 78.0 Å². The first-order chi connectivity index (χ1) is 11.4. The third kappa shape index (κ3) is 3.09. The fourth-order valence-corrected chi connectivity index (χ4v) is 4.49. The van der Waals surface area contributed by atoms with Crippen molar-refractivity contribution in [2.45, 2.75) is 6.92 Å². The normalized spacial score (nSPS) is 19.8. The van der Waals surface area contributed by atoms with E-state index in [9.17, 15) is 18.0 Å². The second kappa shape index (κ2) is 6.62. The summed E-state index contributed by atoms with van der Waals surface area (Å²) in [6.45, 7) is 5.18. The van der Waals surface area contributed by atoms with Crippen LogP contribution in [0.25, 0.3) is 0 Å². The molecule has 2 amide bonds. The predicted octanol–water partition coefficient (Wildman–Crippen LogP) is 0.250. The number of amides is 2. The zero-order valence-electron chi connectivity index (χ0n) is 13.6. The maximum absolute atomic E-state index is 12.5. The standard InChI is InChI=1S/C16H21N3O4S/c1-2-17-7-9-18(10-8-17)24(22,23)12-11-19-15(20)13-5-3-4-6-14(13)16(19)21/h3-6H,2,7-12H2,1H3. The van der Waals surface area contributed by atoms with E-state index in [0.29, 0.717) is 37.3 Å². The predicted molar refractivity (Wildman–Crippen MR) is 89.3 cm³/mol. The van der Waals surface area contributed by atoms with Crippen molar-refractivity contribution in [1.82, 2.24) is 14.1 Å². The lowest BCUT2D eigenvalue weighted by atomic mass is 10.1. The van der Waals surface area contributed by atoms with Gasteiger partial charge in [0.1, 0.15) is 0 Å². The summed E-state index contributed by atoms with van der Waals surface area (Å²) in [5, 5.41) is 0. The van der Waals surface area contributed by atoms with Gasteiger partial charge in [-0.2, -0.15) is 4.31 Å². The molecule has 1 fully saturated rings. The Labute approximate surface area is 141 Å². The molecule has 8 heteroatoms. The van der Waals surface area contributed by atoms with E-state index < -0.39 is 21.8 Å². The van der Waals surface area contributed by atoms with Gasteiger partial charge in [0.2, 0.25) is 10.0 Å². The number of carbonyl (C=O) groups is 2. The molecule has 0 aromatic heterocycles. The molecule has 0 radical (unpaired) electrons. The second-order valence-electron chi connectivity index (χ2n) is 5.96. The molecule has 24 heavy (non-hydrogen) atoms. The SMILES string of the molecule is CCN1CCN(S(=O)(=O)CCN2C(=O)c3ccccc3C2=O)CC1. The summed E-state index contributed by atoms with van der Waals surface area (Å²) in [6, 6.07) is 6.57. The first-order valence-corrected chi connectivity index (χ1v) is 9.70. The maximum atomic E-state index is 12.5. The van der Waals surface area contributed by atoms with Gasteiger partial charge in [0.15, 0.2) is 0 Å². The summed E-state index contributed by atoms with van der Waals surface area (Å²) >= 11 is 0. The van der Waals surface area contributed by atoms with E-state index >= 15 is 0 Å². The molecule has 2 aliphatic heterocycles. The van der Waals surface area contributed by atoms with Gasteiger partial charge in [-0.25, -0.2) is 8.42 Å². The van der Waals surface area contributed by atoms with Crippen molar-refractivity contribution in [3.8, 4) is 0 Å². The fourth-order valence-electron chi connectivity index (χ4n) is 3.10.